The van der Waals surface area contributed by atoms with E-state index in [1.807, 2.05) is 32.0 Å². The molecular formula is C19H27N3O2. The van der Waals surface area contributed by atoms with E-state index in [9.17, 15) is 9.59 Å². The van der Waals surface area contributed by atoms with Gasteiger partial charge in [-0.25, -0.2) is 0 Å². The van der Waals surface area contributed by atoms with Gasteiger partial charge in [0.15, 0.2) is 0 Å². The summed E-state index contributed by atoms with van der Waals surface area (Å²) in [5, 5.41) is 2.91. The summed E-state index contributed by atoms with van der Waals surface area (Å²) in [5.41, 5.74) is 9.23. The molecule has 0 aromatic heterocycles. The standard InChI is InChI=1S/C19H27N3O2/c1-11-5-4-6-15(12(11)2)21-16(23)10-22(3)19(24)17-13-7-8-14(9-13)18(17)20/h4-6,13-14,17-18H,7-10,20H2,1-3H3,(H,21,23). The van der Waals surface area contributed by atoms with Crippen molar-refractivity contribution < 1.29 is 9.59 Å². The zero-order chi connectivity index (χ0) is 17.4. The van der Waals surface area contributed by atoms with Crippen LogP contribution in [0.1, 0.15) is 30.4 Å². The van der Waals surface area contributed by atoms with Crippen LogP contribution in [0.25, 0.3) is 0 Å². The van der Waals surface area contributed by atoms with Crippen LogP contribution in [-0.2, 0) is 9.59 Å². The number of rotatable bonds is 4. The van der Waals surface area contributed by atoms with E-state index in [4.69, 9.17) is 5.73 Å². The fourth-order valence-electron chi connectivity index (χ4n) is 4.33. The van der Waals surface area contributed by atoms with E-state index < -0.39 is 0 Å². The number of likely N-dealkylation sites (N-methyl/N-ethyl adjacent to an activating group) is 1. The number of fused-ring (bicyclic) bond motifs is 2. The number of nitrogens with two attached hydrogens (primary N) is 1. The summed E-state index contributed by atoms with van der Waals surface area (Å²) < 4.78 is 0. The molecule has 4 atom stereocenters. The summed E-state index contributed by atoms with van der Waals surface area (Å²) in [7, 11) is 1.70. The third kappa shape index (κ3) is 3.05. The SMILES string of the molecule is Cc1cccc(NC(=O)CN(C)C(=O)C2C3CCC(C3)C2N)c1C. The summed E-state index contributed by atoms with van der Waals surface area (Å²) in [6, 6.07) is 5.77. The fraction of sp³-hybridized carbons (Fsp3) is 0.579. The molecule has 1 aromatic carbocycles. The van der Waals surface area contributed by atoms with Crippen molar-refractivity contribution in [3.63, 3.8) is 0 Å². The monoisotopic (exact) mass is 329 g/mol. The number of carbonyl (C=O) groups is 2. The van der Waals surface area contributed by atoms with Gasteiger partial charge < -0.3 is 16.0 Å². The van der Waals surface area contributed by atoms with Gasteiger partial charge in [-0.2, -0.15) is 0 Å². The zero-order valence-electron chi connectivity index (χ0n) is 14.7. The highest BCUT2D eigenvalue weighted by Crippen LogP contribution is 2.48. The molecule has 0 saturated heterocycles. The highest BCUT2D eigenvalue weighted by Gasteiger charge is 2.49. The Morgan fingerprint density at radius 3 is 2.62 bits per heavy atom. The summed E-state index contributed by atoms with van der Waals surface area (Å²) in [4.78, 5) is 26.6. The molecule has 130 valence electrons. The average molecular weight is 329 g/mol. The number of carbonyl (C=O) groups excluding carboxylic acids is 2. The molecular weight excluding hydrogens is 302 g/mol. The van der Waals surface area contributed by atoms with Crippen LogP contribution in [0.5, 0.6) is 0 Å². The summed E-state index contributed by atoms with van der Waals surface area (Å²) in [6.07, 6.45) is 3.31. The molecule has 0 aliphatic heterocycles. The quantitative estimate of drug-likeness (QED) is 0.888. The van der Waals surface area contributed by atoms with Crippen LogP contribution in [0, 0.1) is 31.6 Å². The number of nitrogens with one attached hydrogen (secondary N) is 1. The second-order valence-electron chi connectivity index (χ2n) is 7.43. The topological polar surface area (TPSA) is 75.4 Å². The molecule has 0 spiro atoms. The maximum Gasteiger partial charge on any atom is 0.243 e. The van der Waals surface area contributed by atoms with Gasteiger partial charge in [0.2, 0.25) is 11.8 Å². The van der Waals surface area contributed by atoms with Gasteiger partial charge in [-0.3, -0.25) is 9.59 Å². The Bertz CT molecular complexity index is 656. The van der Waals surface area contributed by atoms with Crippen LogP contribution in [0.2, 0.25) is 0 Å². The van der Waals surface area contributed by atoms with E-state index in [0.29, 0.717) is 11.8 Å². The molecule has 2 fully saturated rings. The first kappa shape index (κ1) is 17.0. The zero-order valence-corrected chi connectivity index (χ0v) is 14.7. The molecule has 2 saturated carbocycles. The van der Waals surface area contributed by atoms with E-state index >= 15 is 0 Å². The van der Waals surface area contributed by atoms with Crippen LogP contribution in [0.15, 0.2) is 18.2 Å². The predicted molar refractivity (Wildman–Crippen MR) is 94.5 cm³/mol. The van der Waals surface area contributed by atoms with Crippen LogP contribution in [0.4, 0.5) is 5.69 Å². The molecule has 2 aliphatic carbocycles. The van der Waals surface area contributed by atoms with Gasteiger partial charge in [-0.15, -0.1) is 0 Å². The Balaban J connectivity index is 1.60. The number of benzene rings is 1. The molecule has 24 heavy (non-hydrogen) atoms. The lowest BCUT2D eigenvalue weighted by Crippen LogP contribution is -2.47. The van der Waals surface area contributed by atoms with Crippen molar-refractivity contribution in [1.29, 1.82) is 0 Å². The number of anilines is 1. The molecule has 3 rings (SSSR count). The second kappa shape index (κ2) is 6.55. The molecule has 0 heterocycles. The van der Waals surface area contributed by atoms with E-state index in [-0.39, 0.29) is 30.3 Å². The lowest BCUT2D eigenvalue weighted by Gasteiger charge is -2.30. The minimum atomic E-state index is -0.170. The Labute approximate surface area is 143 Å². The fourth-order valence-corrected chi connectivity index (χ4v) is 4.33. The molecule has 2 amide bonds. The normalized spacial score (nSPS) is 28.0. The van der Waals surface area contributed by atoms with Gasteiger partial charge in [0.1, 0.15) is 0 Å². The van der Waals surface area contributed by atoms with Crippen LogP contribution >= 0.6 is 0 Å². The summed E-state index contributed by atoms with van der Waals surface area (Å²) in [5.74, 6) is 0.632. The minimum absolute atomic E-state index is 0.0193. The van der Waals surface area contributed by atoms with Crippen molar-refractivity contribution in [2.45, 2.75) is 39.2 Å². The first-order chi connectivity index (χ1) is 11.4. The van der Waals surface area contributed by atoms with Crippen LogP contribution in [-0.4, -0.2) is 36.3 Å². The van der Waals surface area contributed by atoms with Crippen molar-refractivity contribution >= 4 is 17.5 Å². The van der Waals surface area contributed by atoms with E-state index in [2.05, 4.69) is 5.32 Å². The third-order valence-corrected chi connectivity index (χ3v) is 5.90. The largest absolute Gasteiger partial charge is 0.336 e. The van der Waals surface area contributed by atoms with Gasteiger partial charge in [0.05, 0.1) is 12.5 Å². The first-order valence-electron chi connectivity index (χ1n) is 8.75. The summed E-state index contributed by atoms with van der Waals surface area (Å²) >= 11 is 0. The molecule has 4 unspecified atom stereocenters. The van der Waals surface area contributed by atoms with Crippen molar-refractivity contribution in [1.82, 2.24) is 4.90 Å². The highest BCUT2D eigenvalue weighted by atomic mass is 16.2. The smallest absolute Gasteiger partial charge is 0.243 e. The Morgan fingerprint density at radius 1 is 1.25 bits per heavy atom. The van der Waals surface area contributed by atoms with Crippen LogP contribution < -0.4 is 11.1 Å². The molecule has 0 radical (unpaired) electrons. The van der Waals surface area contributed by atoms with Gasteiger partial charge in [0, 0.05) is 18.8 Å². The number of nitrogens with zero attached hydrogens (tertiary/aromatic N) is 1. The molecule has 5 nitrogen and oxygen atoms in total. The Morgan fingerprint density at radius 2 is 1.96 bits per heavy atom. The third-order valence-electron chi connectivity index (χ3n) is 5.90. The van der Waals surface area contributed by atoms with Gasteiger partial charge in [0.25, 0.3) is 0 Å². The molecule has 2 bridgehead atoms. The lowest BCUT2D eigenvalue weighted by atomic mass is 9.84. The number of amides is 2. The lowest BCUT2D eigenvalue weighted by molar-refractivity contribution is -0.138. The molecule has 1 aromatic rings. The maximum absolute atomic E-state index is 12.7. The molecule has 5 heteroatoms. The minimum Gasteiger partial charge on any atom is -0.336 e. The number of aryl methyl sites for hydroxylation is 1. The maximum atomic E-state index is 12.7. The number of hydrogen-bond acceptors (Lipinski definition) is 3. The highest BCUT2D eigenvalue weighted by molar-refractivity contribution is 5.95. The van der Waals surface area contributed by atoms with Crippen molar-refractivity contribution in [2.75, 3.05) is 18.9 Å². The van der Waals surface area contributed by atoms with Gasteiger partial charge in [-0.1, -0.05) is 12.1 Å². The van der Waals surface area contributed by atoms with E-state index in [1.165, 1.54) is 4.90 Å². The Kier molecular flexibility index (Phi) is 4.63. The van der Waals surface area contributed by atoms with E-state index in [0.717, 1.165) is 36.1 Å². The van der Waals surface area contributed by atoms with Gasteiger partial charge in [-0.05, 0) is 62.1 Å². The van der Waals surface area contributed by atoms with Crippen LogP contribution in [0.3, 0.4) is 0 Å². The van der Waals surface area contributed by atoms with Crippen molar-refractivity contribution in [3.05, 3.63) is 29.3 Å². The van der Waals surface area contributed by atoms with E-state index in [1.54, 1.807) is 7.05 Å². The predicted octanol–water partition coefficient (Wildman–Crippen LogP) is 2.07. The first-order valence-corrected chi connectivity index (χ1v) is 8.75. The van der Waals surface area contributed by atoms with Gasteiger partial charge >= 0.3 is 0 Å². The Hall–Kier alpha value is -1.88. The van der Waals surface area contributed by atoms with Crippen molar-refractivity contribution in [3.8, 4) is 0 Å². The van der Waals surface area contributed by atoms with Crippen molar-refractivity contribution in [2.24, 2.45) is 23.5 Å². The molecule has 2 aliphatic rings. The second-order valence-corrected chi connectivity index (χ2v) is 7.43. The summed E-state index contributed by atoms with van der Waals surface area (Å²) in [6.45, 7) is 4.05. The number of hydrogen-bond donors (Lipinski definition) is 2. The average Bonchev–Trinajstić information content (AvgIpc) is 3.12. The molecule has 3 N–H and O–H groups in total.